The van der Waals surface area contributed by atoms with Gasteiger partial charge in [-0.3, -0.25) is 0 Å². The summed E-state index contributed by atoms with van der Waals surface area (Å²) in [6.07, 6.45) is 5.72. The van der Waals surface area contributed by atoms with E-state index >= 15 is 0 Å². The molecule has 136 valence electrons. The smallest absolute Gasteiger partial charge is 0.178 e. The van der Waals surface area contributed by atoms with Crippen LogP contribution in [0.5, 0.6) is 5.75 Å². The molecule has 1 atom stereocenters. The van der Waals surface area contributed by atoms with Gasteiger partial charge < -0.3 is 20.7 Å². The molecule has 1 aliphatic rings. The van der Waals surface area contributed by atoms with E-state index in [4.69, 9.17) is 10.5 Å². The van der Waals surface area contributed by atoms with Gasteiger partial charge in [-0.2, -0.15) is 5.10 Å². The molecule has 1 fully saturated rings. The third kappa shape index (κ3) is 3.15. The Morgan fingerprint density at radius 1 is 1.35 bits per heavy atom. The van der Waals surface area contributed by atoms with Crippen molar-refractivity contribution < 1.29 is 4.74 Å². The van der Waals surface area contributed by atoms with Gasteiger partial charge >= 0.3 is 0 Å². The zero-order chi connectivity index (χ0) is 18.1. The number of aryl methyl sites for hydroxylation is 1. The molecule has 8 nitrogen and oxygen atoms in total. The summed E-state index contributed by atoms with van der Waals surface area (Å²) in [6.45, 7) is 3.76. The first kappa shape index (κ1) is 16.6. The van der Waals surface area contributed by atoms with Gasteiger partial charge in [0.05, 0.1) is 30.4 Å². The monoisotopic (exact) mass is 353 g/mol. The first-order valence-corrected chi connectivity index (χ1v) is 8.76. The van der Waals surface area contributed by atoms with Gasteiger partial charge in [-0.05, 0) is 38.0 Å². The number of piperidine rings is 1. The number of nitrogens with one attached hydrogen (secondary N) is 1. The number of anilines is 3. The van der Waals surface area contributed by atoms with Crippen LogP contribution in [0, 0.1) is 6.92 Å². The summed E-state index contributed by atoms with van der Waals surface area (Å²) in [4.78, 5) is 11.2. The van der Waals surface area contributed by atoms with E-state index < -0.39 is 0 Å². The quantitative estimate of drug-likeness (QED) is 0.742. The number of nitrogens with two attached hydrogens (primary N) is 1. The van der Waals surface area contributed by atoms with Crippen LogP contribution >= 0.6 is 0 Å². The SMILES string of the molecule is COc1ccc(Nc2cc(N3CCCC(N)C3)cn3ncnc23)nc1C. The van der Waals surface area contributed by atoms with E-state index in [9.17, 15) is 0 Å². The summed E-state index contributed by atoms with van der Waals surface area (Å²) in [5.74, 6) is 1.50. The van der Waals surface area contributed by atoms with Crippen LogP contribution in [-0.2, 0) is 0 Å². The molecule has 0 bridgehead atoms. The summed E-state index contributed by atoms with van der Waals surface area (Å²) >= 11 is 0. The Morgan fingerprint density at radius 3 is 3.00 bits per heavy atom. The van der Waals surface area contributed by atoms with Gasteiger partial charge in [0.2, 0.25) is 0 Å². The van der Waals surface area contributed by atoms with Crippen LogP contribution in [-0.4, -0.2) is 45.8 Å². The minimum absolute atomic E-state index is 0.206. The van der Waals surface area contributed by atoms with Gasteiger partial charge in [-0.1, -0.05) is 0 Å². The van der Waals surface area contributed by atoms with Crippen LogP contribution < -0.4 is 20.7 Å². The van der Waals surface area contributed by atoms with E-state index in [1.165, 1.54) is 0 Å². The van der Waals surface area contributed by atoms with Crippen molar-refractivity contribution in [3.63, 3.8) is 0 Å². The first-order valence-electron chi connectivity index (χ1n) is 8.76. The lowest BCUT2D eigenvalue weighted by molar-refractivity contribution is 0.409. The molecule has 3 N–H and O–H groups in total. The number of fused-ring (bicyclic) bond motifs is 1. The van der Waals surface area contributed by atoms with Crippen molar-refractivity contribution >= 4 is 22.8 Å². The van der Waals surface area contributed by atoms with Gasteiger partial charge in [-0.15, -0.1) is 0 Å². The molecular weight excluding hydrogens is 330 g/mol. The third-order valence-corrected chi connectivity index (χ3v) is 4.70. The van der Waals surface area contributed by atoms with Crippen LogP contribution in [0.15, 0.2) is 30.7 Å². The lowest BCUT2D eigenvalue weighted by Gasteiger charge is -2.32. The molecule has 0 saturated carbocycles. The number of hydrogen-bond donors (Lipinski definition) is 2. The molecule has 3 aromatic heterocycles. The summed E-state index contributed by atoms with van der Waals surface area (Å²) in [6, 6.07) is 6.09. The van der Waals surface area contributed by atoms with Gasteiger partial charge in [-0.25, -0.2) is 14.5 Å². The van der Waals surface area contributed by atoms with Crippen molar-refractivity contribution in [2.75, 3.05) is 30.4 Å². The van der Waals surface area contributed by atoms with Crippen LogP contribution in [0.4, 0.5) is 17.2 Å². The molecule has 0 amide bonds. The predicted molar refractivity (Wildman–Crippen MR) is 101 cm³/mol. The van der Waals surface area contributed by atoms with Crippen molar-refractivity contribution in [2.45, 2.75) is 25.8 Å². The highest BCUT2D eigenvalue weighted by atomic mass is 16.5. The molecule has 4 rings (SSSR count). The fraction of sp³-hybridized carbons (Fsp3) is 0.389. The molecule has 1 unspecified atom stereocenters. The number of methoxy groups -OCH3 is 1. The minimum atomic E-state index is 0.206. The Morgan fingerprint density at radius 2 is 2.23 bits per heavy atom. The van der Waals surface area contributed by atoms with Gasteiger partial charge in [0.25, 0.3) is 0 Å². The normalized spacial score (nSPS) is 17.5. The third-order valence-electron chi connectivity index (χ3n) is 4.70. The van der Waals surface area contributed by atoms with Crippen molar-refractivity contribution in [3.8, 4) is 5.75 Å². The maximum Gasteiger partial charge on any atom is 0.178 e. The fourth-order valence-electron chi connectivity index (χ4n) is 3.39. The maximum absolute atomic E-state index is 6.15. The number of nitrogens with zero attached hydrogens (tertiary/aromatic N) is 5. The number of aromatic nitrogens is 4. The van der Waals surface area contributed by atoms with E-state index in [1.807, 2.05) is 25.3 Å². The Balaban J connectivity index is 1.69. The highest BCUT2D eigenvalue weighted by Gasteiger charge is 2.19. The van der Waals surface area contributed by atoms with Crippen LogP contribution in [0.3, 0.4) is 0 Å². The predicted octanol–water partition coefficient (Wildman–Crippen LogP) is 2.11. The second-order valence-electron chi connectivity index (χ2n) is 6.60. The number of ether oxygens (including phenoxy) is 1. The highest BCUT2D eigenvalue weighted by Crippen LogP contribution is 2.28. The highest BCUT2D eigenvalue weighted by molar-refractivity contribution is 5.76. The van der Waals surface area contributed by atoms with E-state index in [0.717, 1.165) is 60.2 Å². The molecule has 0 aromatic carbocycles. The van der Waals surface area contributed by atoms with E-state index in [0.29, 0.717) is 0 Å². The number of hydrogen-bond acceptors (Lipinski definition) is 7. The Bertz CT molecular complexity index is 923. The van der Waals surface area contributed by atoms with Crippen molar-refractivity contribution in [2.24, 2.45) is 5.73 Å². The standard InChI is InChI=1S/C18H23N7O/c1-12-16(26-2)5-6-17(22-12)23-15-8-14(10-25-18(15)20-11-21-25)24-7-3-4-13(19)9-24/h5-6,8,10-11,13H,3-4,7,9,19H2,1-2H3,(H,22,23). The fourth-order valence-corrected chi connectivity index (χ4v) is 3.39. The number of pyridine rings is 2. The average Bonchev–Trinajstić information content (AvgIpc) is 3.11. The molecule has 8 heteroatoms. The molecule has 0 radical (unpaired) electrons. The lowest BCUT2D eigenvalue weighted by Crippen LogP contribution is -2.42. The molecule has 0 aliphatic carbocycles. The Kier molecular flexibility index (Phi) is 4.34. The topological polar surface area (TPSA) is 93.6 Å². The van der Waals surface area contributed by atoms with Gasteiger partial charge in [0.15, 0.2) is 5.65 Å². The zero-order valence-electron chi connectivity index (χ0n) is 15.0. The molecule has 1 aliphatic heterocycles. The van der Waals surface area contributed by atoms with Crippen molar-refractivity contribution in [1.29, 1.82) is 0 Å². The molecule has 3 aromatic rings. The molecule has 1 saturated heterocycles. The van der Waals surface area contributed by atoms with Crippen molar-refractivity contribution in [3.05, 3.63) is 36.4 Å². The van der Waals surface area contributed by atoms with E-state index in [2.05, 4.69) is 31.3 Å². The first-order chi connectivity index (χ1) is 12.6. The van der Waals surface area contributed by atoms with E-state index in [-0.39, 0.29) is 6.04 Å². The zero-order valence-corrected chi connectivity index (χ0v) is 15.0. The maximum atomic E-state index is 6.15. The average molecular weight is 353 g/mol. The van der Waals surface area contributed by atoms with Gasteiger partial charge in [0.1, 0.15) is 17.9 Å². The Hall–Kier alpha value is -2.87. The second kappa shape index (κ2) is 6.80. The molecule has 4 heterocycles. The lowest BCUT2D eigenvalue weighted by atomic mass is 10.1. The molecule has 0 spiro atoms. The van der Waals surface area contributed by atoms with Gasteiger partial charge in [0, 0.05) is 19.1 Å². The molecular formula is C18H23N7O. The van der Waals surface area contributed by atoms with Crippen LogP contribution in [0.2, 0.25) is 0 Å². The minimum Gasteiger partial charge on any atom is -0.495 e. The van der Waals surface area contributed by atoms with Crippen molar-refractivity contribution in [1.82, 2.24) is 19.6 Å². The Labute approximate surface area is 152 Å². The largest absolute Gasteiger partial charge is 0.495 e. The van der Waals surface area contributed by atoms with E-state index in [1.54, 1.807) is 18.0 Å². The summed E-state index contributed by atoms with van der Waals surface area (Å²) in [5.41, 5.74) is 9.66. The summed E-state index contributed by atoms with van der Waals surface area (Å²) < 4.78 is 7.07. The summed E-state index contributed by atoms with van der Waals surface area (Å²) in [5, 5.41) is 7.68. The molecule has 26 heavy (non-hydrogen) atoms. The summed E-state index contributed by atoms with van der Waals surface area (Å²) in [7, 11) is 1.64. The van der Waals surface area contributed by atoms with Crippen LogP contribution in [0.1, 0.15) is 18.5 Å². The second-order valence-corrected chi connectivity index (χ2v) is 6.60. The number of rotatable bonds is 4. The van der Waals surface area contributed by atoms with Crippen LogP contribution in [0.25, 0.3) is 5.65 Å².